The number of aliphatic hydroxyl groups is 1. The van der Waals surface area contributed by atoms with E-state index in [1.54, 1.807) is 6.92 Å². The van der Waals surface area contributed by atoms with Crippen molar-refractivity contribution in [2.24, 2.45) is 5.92 Å². The normalized spacial score (nSPS) is 11.6. The number of nitrogens with zero attached hydrogens (tertiary/aromatic N) is 1. The van der Waals surface area contributed by atoms with Crippen LogP contribution in [-0.2, 0) is 30.3 Å². The standard InChI is InChI=1S/C17H21NO.C13H18O2.C6H8O7/c1-18(2)13-14-19-17(15-9-5-3-6-10-15)16-11-7-4-8-12-16;1-9(2)8-11-4-6-12(7-5-11)10(3)13(14)15;7-3(8)1-6(13,5(11)12)2-4(9)10/h3-12,17H,13-14H2,1-2H3;4-7,9-10H,8H2,1-3H3,(H,14,15);13H,1-2H2,(H,7,8)(H,9,10)(H,11,12). The molecule has 0 heterocycles. The average molecular weight is 654 g/mol. The summed E-state index contributed by atoms with van der Waals surface area (Å²) in [6.45, 7) is 7.71. The number of carboxylic acids is 4. The molecule has 0 aliphatic carbocycles. The molecule has 47 heavy (non-hydrogen) atoms. The predicted molar refractivity (Wildman–Crippen MR) is 177 cm³/mol. The lowest BCUT2D eigenvalue weighted by molar-refractivity contribution is -0.170. The zero-order valence-corrected chi connectivity index (χ0v) is 27.6. The highest BCUT2D eigenvalue weighted by Gasteiger charge is 2.40. The van der Waals surface area contributed by atoms with E-state index in [9.17, 15) is 19.2 Å². The third-order valence-corrected chi connectivity index (χ3v) is 6.81. The number of aliphatic carboxylic acids is 4. The van der Waals surface area contributed by atoms with Crippen molar-refractivity contribution in [3.63, 3.8) is 0 Å². The van der Waals surface area contributed by atoms with Gasteiger partial charge in [-0.25, -0.2) is 4.79 Å². The van der Waals surface area contributed by atoms with Crippen molar-refractivity contribution < 1.29 is 49.4 Å². The maximum absolute atomic E-state index is 10.8. The van der Waals surface area contributed by atoms with Gasteiger partial charge in [0.1, 0.15) is 6.10 Å². The number of carboxylic acid groups (broad SMARTS) is 4. The van der Waals surface area contributed by atoms with E-state index in [1.165, 1.54) is 16.7 Å². The predicted octanol–water partition coefficient (Wildman–Crippen LogP) is 5.18. The Morgan fingerprint density at radius 1 is 0.702 bits per heavy atom. The molecule has 11 nitrogen and oxygen atoms in total. The van der Waals surface area contributed by atoms with Crippen molar-refractivity contribution >= 4 is 23.9 Å². The quantitative estimate of drug-likeness (QED) is 0.146. The SMILES string of the molecule is CC(C)Cc1ccc(C(C)C(=O)O)cc1.CN(C)CCOC(c1ccccc1)c1ccccc1.O=C(O)CC(O)(CC(=O)O)C(=O)O. The number of hydrogen-bond donors (Lipinski definition) is 5. The van der Waals surface area contributed by atoms with E-state index in [2.05, 4.69) is 81.4 Å². The Morgan fingerprint density at radius 2 is 1.15 bits per heavy atom. The zero-order chi connectivity index (χ0) is 35.6. The van der Waals surface area contributed by atoms with Crippen LogP contribution in [0.5, 0.6) is 0 Å². The molecule has 0 aromatic heterocycles. The number of carbonyl (C=O) groups is 4. The maximum atomic E-state index is 10.8. The van der Waals surface area contributed by atoms with Crippen LogP contribution in [0, 0.1) is 5.92 Å². The van der Waals surface area contributed by atoms with Crippen LogP contribution in [0.2, 0.25) is 0 Å². The molecular weight excluding hydrogens is 606 g/mol. The minimum Gasteiger partial charge on any atom is -0.481 e. The molecule has 3 aromatic carbocycles. The molecule has 0 radical (unpaired) electrons. The van der Waals surface area contributed by atoms with Gasteiger partial charge in [0.2, 0.25) is 0 Å². The third-order valence-electron chi connectivity index (χ3n) is 6.81. The van der Waals surface area contributed by atoms with Gasteiger partial charge in [0.05, 0.1) is 25.4 Å². The summed E-state index contributed by atoms with van der Waals surface area (Å²) < 4.78 is 6.08. The summed E-state index contributed by atoms with van der Waals surface area (Å²) in [5.41, 5.74) is 1.80. The van der Waals surface area contributed by atoms with E-state index in [4.69, 9.17) is 30.3 Å². The monoisotopic (exact) mass is 653 g/mol. The van der Waals surface area contributed by atoms with E-state index in [-0.39, 0.29) is 6.10 Å². The lowest BCUT2D eigenvalue weighted by Gasteiger charge is -2.20. The molecule has 0 saturated carbocycles. The molecule has 3 aromatic rings. The van der Waals surface area contributed by atoms with Gasteiger partial charge in [-0.2, -0.15) is 0 Å². The van der Waals surface area contributed by atoms with Gasteiger partial charge in [0.15, 0.2) is 5.60 Å². The topological polar surface area (TPSA) is 182 Å². The zero-order valence-electron chi connectivity index (χ0n) is 27.6. The fourth-order valence-corrected chi connectivity index (χ4v) is 4.26. The third kappa shape index (κ3) is 16.0. The number of likely N-dealkylation sites (N-methyl/N-ethyl adjacent to an activating group) is 1. The van der Waals surface area contributed by atoms with Gasteiger partial charge in [-0.1, -0.05) is 98.8 Å². The largest absolute Gasteiger partial charge is 0.481 e. The van der Waals surface area contributed by atoms with Crippen molar-refractivity contribution in [3.8, 4) is 0 Å². The first-order chi connectivity index (χ1) is 22.1. The Bertz CT molecular complexity index is 1320. The van der Waals surface area contributed by atoms with Crippen LogP contribution in [-0.4, -0.2) is 87.2 Å². The molecule has 0 aliphatic rings. The van der Waals surface area contributed by atoms with Crippen molar-refractivity contribution in [3.05, 3.63) is 107 Å². The minimum atomic E-state index is -2.74. The molecule has 0 amide bonds. The van der Waals surface area contributed by atoms with Gasteiger partial charge in [-0.05, 0) is 55.6 Å². The van der Waals surface area contributed by atoms with Crippen LogP contribution < -0.4 is 0 Å². The van der Waals surface area contributed by atoms with E-state index < -0.39 is 48.2 Å². The summed E-state index contributed by atoms with van der Waals surface area (Å²) in [7, 11) is 4.12. The van der Waals surface area contributed by atoms with Gasteiger partial charge in [0, 0.05) is 6.54 Å². The molecule has 3 rings (SSSR count). The van der Waals surface area contributed by atoms with Crippen LogP contribution in [0.25, 0.3) is 0 Å². The second kappa shape index (κ2) is 20.5. The van der Waals surface area contributed by atoms with Crippen molar-refractivity contribution in [2.75, 3.05) is 27.2 Å². The molecule has 1 unspecified atom stereocenters. The fourth-order valence-electron chi connectivity index (χ4n) is 4.26. The van der Waals surface area contributed by atoms with Crippen LogP contribution in [0.15, 0.2) is 84.9 Å². The average Bonchev–Trinajstić information content (AvgIpc) is 2.99. The number of hydrogen-bond acceptors (Lipinski definition) is 7. The van der Waals surface area contributed by atoms with Gasteiger partial charge in [0.25, 0.3) is 0 Å². The Kier molecular flexibility index (Phi) is 17.7. The first kappa shape index (κ1) is 40.4. The van der Waals surface area contributed by atoms with E-state index in [0.717, 1.165) is 25.1 Å². The maximum Gasteiger partial charge on any atom is 0.336 e. The van der Waals surface area contributed by atoms with Crippen molar-refractivity contribution in [2.45, 2.75) is 57.7 Å². The molecule has 0 bridgehead atoms. The Hall–Kier alpha value is -4.58. The van der Waals surface area contributed by atoms with Crippen LogP contribution in [0.4, 0.5) is 0 Å². The molecule has 0 spiro atoms. The summed E-state index contributed by atoms with van der Waals surface area (Å²) in [5, 5.41) is 42.7. The highest BCUT2D eigenvalue weighted by atomic mass is 16.5. The lowest BCUT2D eigenvalue weighted by atomic mass is 9.96. The van der Waals surface area contributed by atoms with Gasteiger partial charge in [-0.3, -0.25) is 14.4 Å². The summed E-state index contributed by atoms with van der Waals surface area (Å²) in [4.78, 5) is 43.4. The number of benzene rings is 3. The summed E-state index contributed by atoms with van der Waals surface area (Å²) in [6, 6.07) is 28.6. The first-order valence-electron chi connectivity index (χ1n) is 15.1. The van der Waals surface area contributed by atoms with E-state index in [0.29, 0.717) is 5.92 Å². The van der Waals surface area contributed by atoms with Gasteiger partial charge >= 0.3 is 23.9 Å². The lowest BCUT2D eigenvalue weighted by Crippen LogP contribution is -2.42. The van der Waals surface area contributed by atoms with Crippen LogP contribution in [0.3, 0.4) is 0 Å². The van der Waals surface area contributed by atoms with Gasteiger partial charge in [-0.15, -0.1) is 0 Å². The molecule has 5 N–H and O–H groups in total. The smallest absolute Gasteiger partial charge is 0.336 e. The number of ether oxygens (including phenoxy) is 1. The van der Waals surface area contributed by atoms with Gasteiger partial charge < -0.3 is 35.2 Å². The summed E-state index contributed by atoms with van der Waals surface area (Å²) >= 11 is 0. The van der Waals surface area contributed by atoms with Crippen molar-refractivity contribution in [1.29, 1.82) is 0 Å². The second-order valence-electron chi connectivity index (χ2n) is 11.8. The molecule has 0 aliphatic heterocycles. The highest BCUT2D eigenvalue weighted by molar-refractivity contribution is 5.88. The minimum absolute atomic E-state index is 0.0161. The van der Waals surface area contributed by atoms with E-state index in [1.807, 2.05) is 36.4 Å². The molecule has 256 valence electrons. The van der Waals surface area contributed by atoms with Crippen LogP contribution in [0.1, 0.15) is 67.9 Å². The first-order valence-corrected chi connectivity index (χ1v) is 15.1. The second-order valence-corrected chi connectivity index (χ2v) is 11.8. The molecule has 11 heteroatoms. The number of rotatable bonds is 15. The summed E-state index contributed by atoms with van der Waals surface area (Å²) in [5.74, 6) is -5.58. The fraction of sp³-hybridized carbons (Fsp3) is 0.389. The summed E-state index contributed by atoms with van der Waals surface area (Å²) in [6.07, 6.45) is -1.23. The molecule has 0 saturated heterocycles. The molecule has 1 atom stereocenters. The highest BCUT2D eigenvalue weighted by Crippen LogP contribution is 2.25. The Balaban J connectivity index is 0.000000361. The Labute approximate surface area is 276 Å². The molecule has 0 fully saturated rings. The van der Waals surface area contributed by atoms with Crippen LogP contribution >= 0.6 is 0 Å². The van der Waals surface area contributed by atoms with E-state index >= 15 is 0 Å². The Morgan fingerprint density at radius 3 is 1.49 bits per heavy atom. The molecular formula is C36H47NO10. The van der Waals surface area contributed by atoms with Crippen molar-refractivity contribution in [1.82, 2.24) is 4.90 Å².